The molecule has 1 aromatic heterocycles. The number of hydrogen-bond donors (Lipinski definition) is 1. The van der Waals surface area contributed by atoms with E-state index in [9.17, 15) is 4.79 Å². The third kappa shape index (κ3) is 4.20. The van der Waals surface area contributed by atoms with E-state index in [0.717, 1.165) is 50.3 Å². The number of aromatic nitrogens is 2. The lowest BCUT2D eigenvalue weighted by molar-refractivity contribution is 0.0578. The third-order valence-electron chi connectivity index (χ3n) is 4.82. The predicted octanol–water partition coefficient (Wildman–Crippen LogP) is 1.59. The Morgan fingerprint density at radius 3 is 2.48 bits per heavy atom. The summed E-state index contributed by atoms with van der Waals surface area (Å²) in [6.07, 6.45) is 2.81. The Labute approximate surface area is 159 Å². The molecule has 1 aromatic carbocycles. The van der Waals surface area contributed by atoms with E-state index in [1.807, 2.05) is 29.2 Å². The Balaban J connectivity index is 0.00000113. The summed E-state index contributed by atoms with van der Waals surface area (Å²) >= 11 is 0. The second kappa shape index (κ2) is 8.76. The Kier molecular flexibility index (Phi) is 6.95. The highest BCUT2D eigenvalue weighted by Gasteiger charge is 2.28. The third-order valence-corrected chi connectivity index (χ3v) is 4.82. The van der Waals surface area contributed by atoms with Crippen LogP contribution in [0.2, 0.25) is 0 Å². The molecule has 1 unspecified atom stereocenters. The van der Waals surface area contributed by atoms with Gasteiger partial charge in [-0.3, -0.25) is 14.7 Å². The molecule has 4 rings (SSSR count). The molecule has 0 saturated carbocycles. The SMILES string of the molecule is Cl.Cl.O=C(c1cnc2ccccc2n1)N1CCN(C2CCNC2)CC1. The van der Waals surface area contributed by atoms with Gasteiger partial charge in [-0.2, -0.15) is 0 Å². The van der Waals surface area contributed by atoms with Crippen molar-refractivity contribution in [3.8, 4) is 0 Å². The van der Waals surface area contributed by atoms with Gasteiger partial charge in [-0.05, 0) is 25.1 Å². The molecule has 136 valence electrons. The predicted molar refractivity (Wildman–Crippen MR) is 103 cm³/mol. The van der Waals surface area contributed by atoms with Crippen molar-refractivity contribution in [3.63, 3.8) is 0 Å². The molecule has 2 fully saturated rings. The Hall–Kier alpha value is -1.47. The molecule has 1 N–H and O–H groups in total. The minimum absolute atomic E-state index is 0. The first kappa shape index (κ1) is 19.8. The van der Waals surface area contributed by atoms with Gasteiger partial charge in [0, 0.05) is 38.8 Å². The topological polar surface area (TPSA) is 61.4 Å². The maximum atomic E-state index is 12.7. The molecule has 0 radical (unpaired) electrons. The molecule has 6 nitrogen and oxygen atoms in total. The fraction of sp³-hybridized carbons (Fsp3) is 0.471. The summed E-state index contributed by atoms with van der Waals surface area (Å²) in [5.74, 6) is -0.00699. The van der Waals surface area contributed by atoms with Crippen molar-refractivity contribution < 1.29 is 4.79 Å². The summed E-state index contributed by atoms with van der Waals surface area (Å²) in [5, 5.41) is 3.41. The Morgan fingerprint density at radius 1 is 1.08 bits per heavy atom. The lowest BCUT2D eigenvalue weighted by atomic mass is 10.2. The van der Waals surface area contributed by atoms with E-state index in [1.165, 1.54) is 6.42 Å². The van der Waals surface area contributed by atoms with Crippen LogP contribution >= 0.6 is 24.8 Å². The van der Waals surface area contributed by atoms with Crippen molar-refractivity contribution in [2.24, 2.45) is 0 Å². The van der Waals surface area contributed by atoms with E-state index >= 15 is 0 Å². The summed E-state index contributed by atoms with van der Waals surface area (Å²) < 4.78 is 0. The molecule has 8 heteroatoms. The number of carbonyl (C=O) groups excluding carboxylic acids is 1. The molecule has 2 aromatic rings. The molecule has 2 saturated heterocycles. The zero-order chi connectivity index (χ0) is 15.6. The highest BCUT2D eigenvalue weighted by Crippen LogP contribution is 2.14. The summed E-state index contributed by atoms with van der Waals surface area (Å²) in [5.41, 5.74) is 2.04. The Bertz CT molecular complexity index is 715. The van der Waals surface area contributed by atoms with Crippen LogP contribution in [0.15, 0.2) is 30.5 Å². The number of rotatable bonds is 2. The van der Waals surface area contributed by atoms with Gasteiger partial charge in [0.1, 0.15) is 5.69 Å². The zero-order valence-corrected chi connectivity index (χ0v) is 15.6. The highest BCUT2D eigenvalue weighted by molar-refractivity contribution is 5.93. The van der Waals surface area contributed by atoms with Crippen LogP contribution in [0.5, 0.6) is 0 Å². The second-order valence-corrected chi connectivity index (χ2v) is 6.22. The number of hydrogen-bond acceptors (Lipinski definition) is 5. The number of piperazine rings is 1. The number of amides is 1. The lowest BCUT2D eigenvalue weighted by Crippen LogP contribution is -2.52. The van der Waals surface area contributed by atoms with E-state index in [2.05, 4.69) is 20.2 Å². The molecule has 2 aliphatic heterocycles. The maximum Gasteiger partial charge on any atom is 0.274 e. The fourth-order valence-corrected chi connectivity index (χ4v) is 3.46. The van der Waals surface area contributed by atoms with Gasteiger partial charge in [0.05, 0.1) is 17.2 Å². The van der Waals surface area contributed by atoms with Crippen LogP contribution in [0, 0.1) is 0 Å². The number of fused-ring (bicyclic) bond motifs is 1. The number of nitrogens with one attached hydrogen (secondary N) is 1. The molecule has 25 heavy (non-hydrogen) atoms. The lowest BCUT2D eigenvalue weighted by Gasteiger charge is -2.37. The monoisotopic (exact) mass is 383 g/mol. The van der Waals surface area contributed by atoms with Gasteiger partial charge in [0.2, 0.25) is 0 Å². The minimum atomic E-state index is -0.00699. The highest BCUT2D eigenvalue weighted by atomic mass is 35.5. The number of benzene rings is 1. The number of carbonyl (C=O) groups is 1. The quantitative estimate of drug-likeness (QED) is 0.852. The average molecular weight is 384 g/mol. The van der Waals surface area contributed by atoms with Crippen molar-refractivity contribution in [1.82, 2.24) is 25.1 Å². The van der Waals surface area contributed by atoms with E-state index in [4.69, 9.17) is 0 Å². The van der Waals surface area contributed by atoms with Crippen molar-refractivity contribution in [2.45, 2.75) is 12.5 Å². The van der Waals surface area contributed by atoms with Gasteiger partial charge in [0.15, 0.2) is 0 Å². The van der Waals surface area contributed by atoms with Crippen LogP contribution in [0.1, 0.15) is 16.9 Å². The van der Waals surface area contributed by atoms with E-state index < -0.39 is 0 Å². The van der Waals surface area contributed by atoms with Gasteiger partial charge in [-0.15, -0.1) is 24.8 Å². The first-order valence-corrected chi connectivity index (χ1v) is 8.27. The summed E-state index contributed by atoms with van der Waals surface area (Å²) in [4.78, 5) is 25.9. The van der Waals surface area contributed by atoms with Gasteiger partial charge >= 0.3 is 0 Å². The largest absolute Gasteiger partial charge is 0.335 e. The standard InChI is InChI=1S/C17H21N5O.2ClH/c23-17(16-12-19-14-3-1-2-4-15(14)20-16)22-9-7-21(8-10-22)13-5-6-18-11-13;;/h1-4,12-13,18H,5-11H2;2*1H. The van der Waals surface area contributed by atoms with Gasteiger partial charge in [-0.25, -0.2) is 4.98 Å². The summed E-state index contributed by atoms with van der Waals surface area (Å²) in [6, 6.07) is 8.28. The van der Waals surface area contributed by atoms with E-state index in [-0.39, 0.29) is 30.7 Å². The van der Waals surface area contributed by atoms with Crippen LogP contribution in [0.25, 0.3) is 11.0 Å². The van der Waals surface area contributed by atoms with Crippen LogP contribution in [0.3, 0.4) is 0 Å². The zero-order valence-electron chi connectivity index (χ0n) is 13.9. The van der Waals surface area contributed by atoms with Gasteiger partial charge in [0.25, 0.3) is 5.91 Å². The van der Waals surface area contributed by atoms with Crippen molar-refractivity contribution in [2.75, 3.05) is 39.3 Å². The van der Waals surface area contributed by atoms with Crippen LogP contribution in [0.4, 0.5) is 0 Å². The van der Waals surface area contributed by atoms with Crippen molar-refractivity contribution in [3.05, 3.63) is 36.2 Å². The molecular formula is C17H23Cl2N5O. The number of para-hydroxylation sites is 2. The smallest absolute Gasteiger partial charge is 0.274 e. The molecule has 0 bridgehead atoms. The second-order valence-electron chi connectivity index (χ2n) is 6.22. The molecule has 1 amide bonds. The molecule has 2 aliphatic rings. The van der Waals surface area contributed by atoms with Crippen molar-refractivity contribution in [1.29, 1.82) is 0 Å². The average Bonchev–Trinajstić information content (AvgIpc) is 3.15. The summed E-state index contributed by atoms with van der Waals surface area (Å²) in [6.45, 7) is 5.60. The van der Waals surface area contributed by atoms with E-state index in [0.29, 0.717) is 11.7 Å². The van der Waals surface area contributed by atoms with E-state index in [1.54, 1.807) is 6.20 Å². The minimum Gasteiger partial charge on any atom is -0.335 e. The number of halogens is 2. The molecule has 1 atom stereocenters. The first-order chi connectivity index (χ1) is 11.3. The molecule has 3 heterocycles. The van der Waals surface area contributed by atoms with Crippen LogP contribution < -0.4 is 5.32 Å². The molecular weight excluding hydrogens is 361 g/mol. The number of nitrogens with zero attached hydrogens (tertiary/aromatic N) is 4. The molecule has 0 aliphatic carbocycles. The van der Waals surface area contributed by atoms with Gasteiger partial charge < -0.3 is 10.2 Å². The maximum absolute atomic E-state index is 12.7. The van der Waals surface area contributed by atoms with Crippen LogP contribution in [-0.2, 0) is 0 Å². The fourth-order valence-electron chi connectivity index (χ4n) is 3.46. The molecule has 0 spiro atoms. The summed E-state index contributed by atoms with van der Waals surface area (Å²) in [7, 11) is 0. The van der Waals surface area contributed by atoms with Crippen molar-refractivity contribution >= 4 is 41.8 Å². The first-order valence-electron chi connectivity index (χ1n) is 8.27. The van der Waals surface area contributed by atoms with Gasteiger partial charge in [-0.1, -0.05) is 12.1 Å². The normalized spacial score (nSPS) is 20.8. The van der Waals surface area contributed by atoms with Crippen LogP contribution in [-0.4, -0.2) is 71.0 Å². The Morgan fingerprint density at radius 2 is 1.80 bits per heavy atom.